The number of amidine groups is 1. The van der Waals surface area contributed by atoms with Crippen molar-refractivity contribution in [1.29, 1.82) is 0 Å². The number of halogens is 1. The van der Waals surface area contributed by atoms with Crippen LogP contribution in [-0.4, -0.2) is 22.8 Å². The van der Waals surface area contributed by atoms with Crippen LogP contribution in [0.5, 0.6) is 11.5 Å². The van der Waals surface area contributed by atoms with E-state index in [0.29, 0.717) is 23.0 Å². The van der Waals surface area contributed by atoms with Gasteiger partial charge in [-0.05, 0) is 48.5 Å². The number of carboxylic acids is 1. The maximum Gasteiger partial charge on any atom is 0.335 e. The second-order valence-electron chi connectivity index (χ2n) is 4.16. The van der Waals surface area contributed by atoms with Crippen LogP contribution < -0.4 is 10.5 Å². The fourth-order valence-electron chi connectivity index (χ4n) is 1.59. The lowest BCUT2D eigenvalue weighted by Crippen LogP contribution is -2.12. The second-order valence-corrected chi connectivity index (χ2v) is 4.43. The molecule has 2 aromatic carbocycles. The average Bonchev–Trinajstić information content (AvgIpc) is 2.49. The minimum atomic E-state index is -0.972. The van der Waals surface area contributed by atoms with Gasteiger partial charge in [0, 0.05) is 0 Å². The van der Waals surface area contributed by atoms with Crippen molar-refractivity contribution in [2.24, 2.45) is 10.7 Å². The molecular weight excluding hydrogens is 292 g/mol. The van der Waals surface area contributed by atoms with Crippen LogP contribution in [0.1, 0.15) is 10.4 Å². The second kappa shape index (κ2) is 6.76. The number of aliphatic imine (C=N–C) groups is 1. The topological polar surface area (TPSA) is 84.9 Å². The van der Waals surface area contributed by atoms with Gasteiger partial charge in [0.2, 0.25) is 0 Å². The zero-order valence-electron chi connectivity index (χ0n) is 11.0. The summed E-state index contributed by atoms with van der Waals surface area (Å²) in [5, 5.41) is 8.82. The first-order chi connectivity index (χ1) is 10.1. The lowest BCUT2D eigenvalue weighted by atomic mass is 10.2. The van der Waals surface area contributed by atoms with Crippen molar-refractivity contribution < 1.29 is 14.6 Å². The van der Waals surface area contributed by atoms with Gasteiger partial charge in [0.1, 0.15) is 17.3 Å². The first kappa shape index (κ1) is 14.9. The number of rotatable bonds is 5. The number of hydrogen-bond donors (Lipinski definition) is 2. The Kier molecular flexibility index (Phi) is 4.79. The summed E-state index contributed by atoms with van der Waals surface area (Å²) < 4.78 is 5.60. The van der Waals surface area contributed by atoms with Gasteiger partial charge in [-0.25, -0.2) is 9.79 Å². The van der Waals surface area contributed by atoms with E-state index in [4.69, 9.17) is 27.2 Å². The molecule has 108 valence electrons. The molecule has 0 amide bonds. The van der Waals surface area contributed by atoms with E-state index in [1.54, 1.807) is 36.4 Å². The van der Waals surface area contributed by atoms with Crippen LogP contribution in [0.15, 0.2) is 53.5 Å². The van der Waals surface area contributed by atoms with Crippen LogP contribution in [-0.2, 0) is 0 Å². The number of carbonyl (C=O) groups is 1. The van der Waals surface area contributed by atoms with Crippen LogP contribution in [0.3, 0.4) is 0 Å². The number of benzene rings is 2. The standard InChI is InChI=1S/C15H13ClN2O3/c16-9-14(17)18-11-3-7-13(8-4-11)21-12-5-1-10(2-6-12)15(19)20/h1-8H,9H2,(H2,17,18)(H,19,20). The quantitative estimate of drug-likeness (QED) is 0.503. The molecule has 0 atom stereocenters. The van der Waals surface area contributed by atoms with Crippen molar-refractivity contribution in [1.82, 2.24) is 0 Å². The van der Waals surface area contributed by atoms with Gasteiger partial charge in [-0.15, -0.1) is 11.6 Å². The number of carboxylic acid groups (broad SMARTS) is 1. The SMILES string of the molecule is NC(CCl)=Nc1ccc(Oc2ccc(C(=O)O)cc2)cc1. The molecule has 0 heterocycles. The highest BCUT2D eigenvalue weighted by Gasteiger charge is 2.03. The molecule has 0 fully saturated rings. The van der Waals surface area contributed by atoms with Gasteiger partial charge >= 0.3 is 5.97 Å². The smallest absolute Gasteiger partial charge is 0.335 e. The van der Waals surface area contributed by atoms with Crippen molar-refractivity contribution in [3.63, 3.8) is 0 Å². The Morgan fingerprint density at radius 3 is 2.10 bits per heavy atom. The maximum atomic E-state index is 10.7. The number of alkyl halides is 1. The van der Waals surface area contributed by atoms with E-state index in [0.717, 1.165) is 0 Å². The minimum Gasteiger partial charge on any atom is -0.478 e. The van der Waals surface area contributed by atoms with Crippen molar-refractivity contribution in [3.8, 4) is 11.5 Å². The molecule has 0 saturated heterocycles. The van der Waals surface area contributed by atoms with Crippen molar-refractivity contribution in [2.75, 3.05) is 5.88 Å². The molecule has 2 aromatic rings. The molecule has 0 unspecified atom stereocenters. The first-order valence-corrected chi connectivity index (χ1v) is 6.62. The lowest BCUT2D eigenvalue weighted by molar-refractivity contribution is 0.0697. The third-order valence-electron chi connectivity index (χ3n) is 2.58. The third-order valence-corrected chi connectivity index (χ3v) is 2.86. The Labute approximate surface area is 126 Å². The summed E-state index contributed by atoms with van der Waals surface area (Å²) in [6.45, 7) is 0. The number of nitrogens with zero attached hydrogens (tertiary/aromatic N) is 1. The molecule has 2 rings (SSSR count). The molecule has 3 N–H and O–H groups in total. The van der Waals surface area contributed by atoms with Gasteiger partial charge in [-0.3, -0.25) is 0 Å². The van der Waals surface area contributed by atoms with E-state index in [2.05, 4.69) is 4.99 Å². The zero-order valence-corrected chi connectivity index (χ0v) is 11.7. The predicted molar refractivity (Wildman–Crippen MR) is 81.9 cm³/mol. The molecule has 6 heteroatoms. The fourth-order valence-corrected chi connectivity index (χ4v) is 1.65. The molecular formula is C15H13ClN2O3. The molecule has 5 nitrogen and oxygen atoms in total. The van der Waals surface area contributed by atoms with Gasteiger partial charge in [0.15, 0.2) is 0 Å². The Balaban J connectivity index is 2.08. The van der Waals surface area contributed by atoms with E-state index in [9.17, 15) is 4.79 Å². The highest BCUT2D eigenvalue weighted by molar-refractivity contribution is 6.28. The summed E-state index contributed by atoms with van der Waals surface area (Å²) >= 11 is 5.55. The summed E-state index contributed by atoms with van der Waals surface area (Å²) in [7, 11) is 0. The molecule has 0 aliphatic carbocycles. The number of ether oxygens (including phenoxy) is 1. The van der Waals surface area contributed by atoms with Gasteiger partial charge in [0.25, 0.3) is 0 Å². The van der Waals surface area contributed by atoms with Gasteiger partial charge in [0.05, 0.1) is 17.1 Å². The zero-order chi connectivity index (χ0) is 15.2. The normalized spacial score (nSPS) is 11.2. The highest BCUT2D eigenvalue weighted by Crippen LogP contribution is 2.24. The van der Waals surface area contributed by atoms with E-state index in [1.807, 2.05) is 0 Å². The van der Waals surface area contributed by atoms with Crippen molar-refractivity contribution >= 4 is 29.1 Å². The average molecular weight is 305 g/mol. The van der Waals surface area contributed by atoms with Crippen molar-refractivity contribution in [2.45, 2.75) is 0 Å². The fraction of sp³-hybridized carbons (Fsp3) is 0.0667. The number of nitrogens with two attached hydrogens (primary N) is 1. The van der Waals surface area contributed by atoms with E-state index in [-0.39, 0.29) is 11.4 Å². The van der Waals surface area contributed by atoms with E-state index >= 15 is 0 Å². The molecule has 21 heavy (non-hydrogen) atoms. The Bertz CT molecular complexity index is 652. The predicted octanol–water partition coefficient (Wildman–Crippen LogP) is 3.40. The molecule has 0 aliphatic heterocycles. The van der Waals surface area contributed by atoms with E-state index < -0.39 is 5.97 Å². The first-order valence-electron chi connectivity index (χ1n) is 6.09. The summed E-state index contributed by atoms with van der Waals surface area (Å²) in [5.74, 6) is 0.710. The molecule has 0 saturated carbocycles. The van der Waals surface area contributed by atoms with E-state index in [1.165, 1.54) is 12.1 Å². The largest absolute Gasteiger partial charge is 0.478 e. The summed E-state index contributed by atoms with van der Waals surface area (Å²) in [5.41, 5.74) is 6.44. The monoisotopic (exact) mass is 304 g/mol. The summed E-state index contributed by atoms with van der Waals surface area (Å²) in [4.78, 5) is 14.8. The Morgan fingerprint density at radius 1 is 1.10 bits per heavy atom. The van der Waals surface area contributed by atoms with Crippen molar-refractivity contribution in [3.05, 3.63) is 54.1 Å². The Morgan fingerprint density at radius 2 is 1.62 bits per heavy atom. The number of hydrogen-bond acceptors (Lipinski definition) is 3. The molecule has 0 aliphatic rings. The molecule has 0 radical (unpaired) electrons. The van der Waals surface area contributed by atoms with Gasteiger partial charge in [-0.2, -0.15) is 0 Å². The van der Waals surface area contributed by atoms with Gasteiger partial charge < -0.3 is 15.6 Å². The number of aromatic carboxylic acids is 1. The molecule has 0 spiro atoms. The van der Waals surface area contributed by atoms with Crippen LogP contribution >= 0.6 is 11.6 Å². The summed E-state index contributed by atoms with van der Waals surface area (Å²) in [6.07, 6.45) is 0. The van der Waals surface area contributed by atoms with Crippen LogP contribution in [0, 0.1) is 0 Å². The molecule has 0 bridgehead atoms. The van der Waals surface area contributed by atoms with Crippen LogP contribution in [0.4, 0.5) is 5.69 Å². The minimum absolute atomic E-state index is 0.175. The van der Waals surface area contributed by atoms with Crippen LogP contribution in [0.25, 0.3) is 0 Å². The lowest BCUT2D eigenvalue weighted by Gasteiger charge is -2.06. The maximum absolute atomic E-state index is 10.7. The summed E-state index contributed by atoms with van der Waals surface area (Å²) in [6, 6.07) is 13.1. The Hall–Kier alpha value is -2.53. The van der Waals surface area contributed by atoms with Gasteiger partial charge in [-0.1, -0.05) is 0 Å². The van der Waals surface area contributed by atoms with Crippen LogP contribution in [0.2, 0.25) is 0 Å². The highest BCUT2D eigenvalue weighted by atomic mass is 35.5. The third kappa shape index (κ3) is 4.22. The molecule has 0 aromatic heterocycles.